The summed E-state index contributed by atoms with van der Waals surface area (Å²) in [6.07, 6.45) is 0. The number of carbonyl (C=O) groups excluding carboxylic acids is 1. The summed E-state index contributed by atoms with van der Waals surface area (Å²) in [6, 6.07) is 7.97. The third-order valence-corrected chi connectivity index (χ3v) is 4.08. The Kier molecular flexibility index (Phi) is 4.55. The monoisotopic (exact) mass is 325 g/mol. The molecule has 0 aliphatic rings. The minimum absolute atomic E-state index is 0.0852. The van der Waals surface area contributed by atoms with Crippen LogP contribution in [0.25, 0.3) is 0 Å². The van der Waals surface area contributed by atoms with Crippen molar-refractivity contribution < 1.29 is 9.18 Å². The second kappa shape index (κ2) is 6.04. The van der Waals surface area contributed by atoms with Crippen LogP contribution in [-0.4, -0.2) is 13.0 Å². The summed E-state index contributed by atoms with van der Waals surface area (Å²) in [7, 11) is 1.63. The van der Waals surface area contributed by atoms with E-state index in [1.807, 2.05) is 32.0 Å². The summed E-state index contributed by atoms with van der Waals surface area (Å²) in [5.74, 6) is -1.05. The zero-order valence-corrected chi connectivity index (χ0v) is 13.4. The van der Waals surface area contributed by atoms with Crippen molar-refractivity contribution in [3.05, 3.63) is 62.9 Å². The van der Waals surface area contributed by atoms with Crippen molar-refractivity contribution >= 4 is 34.8 Å². The standard InChI is InChI=1S/C16H14Cl2FNO/c1-9-5-4-6-15(10(9)2)20(3)16(21)11-7-14(19)13(18)8-12(11)17/h4-8H,1-3H3. The first-order chi connectivity index (χ1) is 9.82. The highest BCUT2D eigenvalue weighted by atomic mass is 35.5. The molecule has 1 amide bonds. The Morgan fingerprint density at radius 2 is 1.81 bits per heavy atom. The van der Waals surface area contributed by atoms with Gasteiger partial charge in [0.05, 0.1) is 15.6 Å². The number of halogens is 3. The molecule has 0 spiro atoms. The minimum atomic E-state index is -0.668. The first kappa shape index (κ1) is 15.8. The van der Waals surface area contributed by atoms with Crippen LogP contribution in [0.3, 0.4) is 0 Å². The lowest BCUT2D eigenvalue weighted by Crippen LogP contribution is -2.27. The van der Waals surface area contributed by atoms with Crippen LogP contribution in [0.15, 0.2) is 30.3 Å². The maximum atomic E-state index is 13.6. The fourth-order valence-corrected chi connectivity index (χ4v) is 2.54. The van der Waals surface area contributed by atoms with E-state index in [4.69, 9.17) is 23.2 Å². The van der Waals surface area contributed by atoms with E-state index in [0.29, 0.717) is 0 Å². The quantitative estimate of drug-likeness (QED) is 0.709. The van der Waals surface area contributed by atoms with Gasteiger partial charge in [-0.3, -0.25) is 4.79 Å². The number of rotatable bonds is 2. The number of carbonyl (C=O) groups is 1. The zero-order chi connectivity index (χ0) is 15.7. The molecule has 0 saturated heterocycles. The molecule has 0 radical (unpaired) electrons. The molecular formula is C16H14Cl2FNO. The summed E-state index contributed by atoms with van der Waals surface area (Å²) < 4.78 is 13.6. The Morgan fingerprint density at radius 1 is 1.14 bits per heavy atom. The van der Waals surface area contributed by atoms with Gasteiger partial charge in [-0.2, -0.15) is 0 Å². The average molecular weight is 326 g/mol. The van der Waals surface area contributed by atoms with E-state index in [1.54, 1.807) is 7.05 Å². The Labute approximate surface area is 133 Å². The van der Waals surface area contributed by atoms with Gasteiger partial charge in [-0.15, -0.1) is 0 Å². The molecule has 2 rings (SSSR count). The Morgan fingerprint density at radius 3 is 2.48 bits per heavy atom. The molecule has 0 aliphatic heterocycles. The van der Waals surface area contributed by atoms with Gasteiger partial charge in [0.15, 0.2) is 0 Å². The first-order valence-corrected chi connectivity index (χ1v) is 7.07. The molecule has 0 heterocycles. The Balaban J connectivity index is 2.45. The highest BCUT2D eigenvalue weighted by Crippen LogP contribution is 2.28. The number of benzene rings is 2. The number of nitrogens with zero attached hydrogens (tertiary/aromatic N) is 1. The molecule has 2 nitrogen and oxygen atoms in total. The van der Waals surface area contributed by atoms with Crippen LogP contribution in [-0.2, 0) is 0 Å². The number of hydrogen-bond donors (Lipinski definition) is 0. The molecule has 2 aromatic rings. The maximum Gasteiger partial charge on any atom is 0.259 e. The Bertz CT molecular complexity index is 716. The summed E-state index contributed by atoms with van der Waals surface area (Å²) in [5, 5.41) is 0.0227. The van der Waals surface area contributed by atoms with Crippen molar-refractivity contribution in [1.29, 1.82) is 0 Å². The molecular weight excluding hydrogens is 312 g/mol. The summed E-state index contributed by atoms with van der Waals surface area (Å²) in [6.45, 7) is 3.89. The highest BCUT2D eigenvalue weighted by molar-refractivity contribution is 6.37. The van der Waals surface area contributed by atoms with Crippen LogP contribution in [0.4, 0.5) is 10.1 Å². The van der Waals surface area contributed by atoms with E-state index in [1.165, 1.54) is 11.0 Å². The van der Waals surface area contributed by atoms with Gasteiger partial charge in [-0.1, -0.05) is 35.3 Å². The van der Waals surface area contributed by atoms with Crippen LogP contribution < -0.4 is 4.90 Å². The number of amides is 1. The predicted molar refractivity (Wildman–Crippen MR) is 85.1 cm³/mol. The zero-order valence-electron chi connectivity index (χ0n) is 11.9. The van der Waals surface area contributed by atoms with Crippen molar-refractivity contribution in [2.45, 2.75) is 13.8 Å². The van der Waals surface area contributed by atoms with E-state index in [2.05, 4.69) is 0 Å². The minimum Gasteiger partial charge on any atom is -0.311 e. The maximum absolute atomic E-state index is 13.6. The van der Waals surface area contributed by atoms with Gasteiger partial charge in [-0.25, -0.2) is 4.39 Å². The summed E-state index contributed by atoms with van der Waals surface area (Å²) in [5.41, 5.74) is 2.90. The van der Waals surface area contributed by atoms with E-state index >= 15 is 0 Å². The van der Waals surface area contributed by atoms with Crippen LogP contribution in [0.2, 0.25) is 10.0 Å². The molecule has 0 aromatic heterocycles. The fraction of sp³-hybridized carbons (Fsp3) is 0.188. The highest BCUT2D eigenvalue weighted by Gasteiger charge is 2.20. The van der Waals surface area contributed by atoms with Gasteiger partial charge in [0, 0.05) is 12.7 Å². The lowest BCUT2D eigenvalue weighted by atomic mass is 10.1. The number of hydrogen-bond acceptors (Lipinski definition) is 1. The molecule has 0 saturated carbocycles. The van der Waals surface area contributed by atoms with E-state index in [9.17, 15) is 9.18 Å². The summed E-state index contributed by atoms with van der Waals surface area (Å²) >= 11 is 11.6. The molecule has 21 heavy (non-hydrogen) atoms. The van der Waals surface area contributed by atoms with Crippen molar-refractivity contribution in [1.82, 2.24) is 0 Å². The third-order valence-electron chi connectivity index (χ3n) is 3.48. The van der Waals surface area contributed by atoms with Gasteiger partial charge < -0.3 is 4.90 Å². The largest absolute Gasteiger partial charge is 0.311 e. The van der Waals surface area contributed by atoms with Gasteiger partial charge in [-0.05, 0) is 43.2 Å². The van der Waals surface area contributed by atoms with Crippen LogP contribution in [0.1, 0.15) is 21.5 Å². The van der Waals surface area contributed by atoms with Gasteiger partial charge in [0.2, 0.25) is 0 Å². The molecule has 0 N–H and O–H groups in total. The molecule has 0 unspecified atom stereocenters. The SMILES string of the molecule is Cc1cccc(N(C)C(=O)c2cc(F)c(Cl)cc2Cl)c1C. The lowest BCUT2D eigenvalue weighted by Gasteiger charge is -2.21. The second-order valence-corrected chi connectivity index (χ2v) is 5.64. The number of aryl methyl sites for hydroxylation is 1. The van der Waals surface area contributed by atoms with Gasteiger partial charge >= 0.3 is 0 Å². The van der Waals surface area contributed by atoms with E-state index in [-0.39, 0.29) is 21.5 Å². The van der Waals surface area contributed by atoms with E-state index in [0.717, 1.165) is 22.9 Å². The van der Waals surface area contributed by atoms with Crippen LogP contribution in [0.5, 0.6) is 0 Å². The van der Waals surface area contributed by atoms with Gasteiger partial charge in [0.1, 0.15) is 5.82 Å². The molecule has 2 aromatic carbocycles. The first-order valence-electron chi connectivity index (χ1n) is 6.31. The molecule has 110 valence electrons. The van der Waals surface area contributed by atoms with Crippen molar-refractivity contribution in [2.75, 3.05) is 11.9 Å². The van der Waals surface area contributed by atoms with Crippen LogP contribution >= 0.6 is 23.2 Å². The number of anilines is 1. The molecule has 0 fully saturated rings. The smallest absolute Gasteiger partial charge is 0.259 e. The molecule has 0 aliphatic carbocycles. The molecule has 0 bridgehead atoms. The van der Waals surface area contributed by atoms with E-state index < -0.39 is 5.82 Å². The normalized spacial score (nSPS) is 10.6. The lowest BCUT2D eigenvalue weighted by molar-refractivity contribution is 0.0992. The van der Waals surface area contributed by atoms with Gasteiger partial charge in [0.25, 0.3) is 5.91 Å². The predicted octanol–water partition coefficient (Wildman–Crippen LogP) is 5.03. The topological polar surface area (TPSA) is 20.3 Å². The summed E-state index contributed by atoms with van der Waals surface area (Å²) in [4.78, 5) is 14.0. The fourth-order valence-electron chi connectivity index (χ4n) is 2.08. The second-order valence-electron chi connectivity index (χ2n) is 4.83. The molecule has 0 atom stereocenters. The van der Waals surface area contributed by atoms with Crippen LogP contribution in [0, 0.1) is 19.7 Å². The van der Waals surface area contributed by atoms with Crippen molar-refractivity contribution in [3.63, 3.8) is 0 Å². The Hall–Kier alpha value is -1.58. The average Bonchev–Trinajstić information content (AvgIpc) is 2.44. The molecule has 5 heteroatoms. The van der Waals surface area contributed by atoms with Crippen molar-refractivity contribution in [3.8, 4) is 0 Å². The van der Waals surface area contributed by atoms with Crippen molar-refractivity contribution in [2.24, 2.45) is 0 Å². The third kappa shape index (κ3) is 3.04.